The van der Waals surface area contributed by atoms with Gasteiger partial charge in [0.15, 0.2) is 5.82 Å². The molecule has 3 aromatic rings. The van der Waals surface area contributed by atoms with Gasteiger partial charge in [-0.25, -0.2) is 0 Å². The van der Waals surface area contributed by atoms with E-state index in [-0.39, 0.29) is 17.9 Å². The fourth-order valence-corrected chi connectivity index (χ4v) is 3.21. The number of aromatic amines is 1. The van der Waals surface area contributed by atoms with Crippen molar-refractivity contribution in [1.29, 1.82) is 0 Å². The minimum Gasteiger partial charge on any atom is -0.275 e. The zero-order valence-electron chi connectivity index (χ0n) is 14.1. The smallest absolute Gasteiger partial charge is 0.275 e. The largest absolute Gasteiger partial charge is 0.463 e. The average Bonchev–Trinajstić information content (AvgIpc) is 3.22. The second kappa shape index (κ2) is 6.15. The summed E-state index contributed by atoms with van der Waals surface area (Å²) in [4.78, 5) is 12.7. The molecule has 9 heteroatoms. The van der Waals surface area contributed by atoms with Gasteiger partial charge in [0.1, 0.15) is 0 Å². The van der Waals surface area contributed by atoms with Crippen LogP contribution in [0.5, 0.6) is 0 Å². The molecule has 0 unspecified atom stereocenters. The maximum atomic E-state index is 13.9. The SMILES string of the molecule is O=C(N(c1ccccc1)c1n[nH]c2c1Cc1ccccc1-2)C(F)(F)C(F)(F)F. The zero-order chi connectivity index (χ0) is 20.1. The van der Waals surface area contributed by atoms with E-state index in [0.717, 1.165) is 11.1 Å². The summed E-state index contributed by atoms with van der Waals surface area (Å²) in [5, 5.41) is 6.58. The van der Waals surface area contributed by atoms with Crippen molar-refractivity contribution < 1.29 is 26.7 Å². The van der Waals surface area contributed by atoms with Crippen LogP contribution < -0.4 is 4.90 Å². The normalized spacial score (nSPS) is 13.2. The number of hydrogen-bond donors (Lipinski definition) is 1. The van der Waals surface area contributed by atoms with Gasteiger partial charge in [0, 0.05) is 17.5 Å². The minimum atomic E-state index is -6.03. The van der Waals surface area contributed by atoms with Gasteiger partial charge in [0.25, 0.3) is 0 Å². The number of alkyl halides is 5. The number of para-hydroxylation sites is 1. The number of aromatic nitrogens is 2. The van der Waals surface area contributed by atoms with Crippen LogP contribution >= 0.6 is 0 Å². The van der Waals surface area contributed by atoms with Crippen molar-refractivity contribution in [3.8, 4) is 11.3 Å². The third kappa shape index (κ3) is 2.65. The highest BCUT2D eigenvalue weighted by Crippen LogP contribution is 2.44. The minimum absolute atomic E-state index is 0.137. The number of fused-ring (bicyclic) bond motifs is 3. The van der Waals surface area contributed by atoms with E-state index in [1.807, 2.05) is 6.07 Å². The summed E-state index contributed by atoms with van der Waals surface area (Å²) < 4.78 is 66.4. The summed E-state index contributed by atoms with van der Waals surface area (Å²) in [6.07, 6.45) is -5.77. The van der Waals surface area contributed by atoms with Crippen LogP contribution in [-0.4, -0.2) is 28.2 Å². The molecule has 0 spiro atoms. The number of benzene rings is 2. The van der Waals surface area contributed by atoms with Crippen molar-refractivity contribution in [3.63, 3.8) is 0 Å². The lowest BCUT2D eigenvalue weighted by atomic mass is 10.1. The molecule has 0 radical (unpaired) electrons. The molecule has 2 aromatic carbocycles. The lowest BCUT2D eigenvalue weighted by Gasteiger charge is -2.27. The van der Waals surface area contributed by atoms with Crippen molar-refractivity contribution in [2.75, 3.05) is 4.90 Å². The van der Waals surface area contributed by atoms with Crippen LogP contribution in [-0.2, 0) is 11.2 Å². The summed E-state index contributed by atoms with van der Waals surface area (Å²) in [6.45, 7) is 0. The Morgan fingerprint density at radius 3 is 2.29 bits per heavy atom. The Morgan fingerprint density at radius 2 is 1.61 bits per heavy atom. The van der Waals surface area contributed by atoms with Gasteiger partial charge in [-0.1, -0.05) is 42.5 Å². The standard InChI is InChI=1S/C19H12F5N3O/c20-18(21,19(22,23)24)17(28)27(12-7-2-1-3-8-12)16-14-10-11-6-4-5-9-13(11)15(14)25-26-16/h1-9H,10H2,(H,25,26). The number of amides is 1. The molecule has 0 aliphatic heterocycles. The van der Waals surface area contributed by atoms with Gasteiger partial charge in [0.2, 0.25) is 0 Å². The number of H-pyrrole nitrogens is 1. The molecule has 0 saturated carbocycles. The Kier molecular flexibility index (Phi) is 3.99. The first-order chi connectivity index (χ1) is 13.2. The first-order valence-corrected chi connectivity index (χ1v) is 8.21. The fourth-order valence-electron chi connectivity index (χ4n) is 3.21. The number of rotatable bonds is 3. The van der Waals surface area contributed by atoms with Crippen molar-refractivity contribution in [2.45, 2.75) is 18.5 Å². The predicted molar refractivity (Wildman–Crippen MR) is 91.4 cm³/mol. The highest BCUT2D eigenvalue weighted by molar-refractivity contribution is 6.05. The summed E-state index contributed by atoms with van der Waals surface area (Å²) in [6, 6.07) is 14.1. The van der Waals surface area contributed by atoms with Crippen LogP contribution in [0.25, 0.3) is 11.3 Å². The Hall–Kier alpha value is -3.23. The molecule has 1 aromatic heterocycles. The second-order valence-electron chi connectivity index (χ2n) is 6.28. The number of carbonyl (C=O) groups is 1. The molecule has 4 nitrogen and oxygen atoms in total. The van der Waals surface area contributed by atoms with Crippen molar-refractivity contribution >= 4 is 17.4 Å². The predicted octanol–water partition coefficient (Wildman–Crippen LogP) is 4.84. The van der Waals surface area contributed by atoms with Gasteiger partial charge >= 0.3 is 18.0 Å². The van der Waals surface area contributed by atoms with Gasteiger partial charge in [-0.3, -0.25) is 14.8 Å². The van der Waals surface area contributed by atoms with E-state index in [9.17, 15) is 26.7 Å². The van der Waals surface area contributed by atoms with Crippen LogP contribution in [0.15, 0.2) is 54.6 Å². The molecule has 1 aliphatic carbocycles. The molecule has 4 rings (SSSR count). The molecule has 0 fully saturated rings. The monoisotopic (exact) mass is 393 g/mol. The molecular formula is C19H12F5N3O. The van der Waals surface area contributed by atoms with Gasteiger partial charge in [0.05, 0.1) is 11.4 Å². The molecule has 0 bridgehead atoms. The number of nitrogens with one attached hydrogen (secondary N) is 1. The van der Waals surface area contributed by atoms with Crippen LogP contribution in [0.1, 0.15) is 11.1 Å². The number of hydrogen-bond acceptors (Lipinski definition) is 2. The second-order valence-corrected chi connectivity index (χ2v) is 6.28. The van der Waals surface area contributed by atoms with Crippen molar-refractivity contribution in [1.82, 2.24) is 10.2 Å². The molecule has 0 atom stereocenters. The summed E-state index contributed by atoms with van der Waals surface area (Å²) in [5.41, 5.74) is 2.36. The van der Waals surface area contributed by atoms with E-state index in [1.165, 1.54) is 24.3 Å². The topological polar surface area (TPSA) is 49.0 Å². The highest BCUT2D eigenvalue weighted by Gasteiger charge is 2.65. The fraction of sp³-hybridized carbons (Fsp3) is 0.158. The molecule has 28 heavy (non-hydrogen) atoms. The lowest BCUT2D eigenvalue weighted by Crippen LogP contribution is -2.51. The van der Waals surface area contributed by atoms with Gasteiger partial charge < -0.3 is 0 Å². The van der Waals surface area contributed by atoms with E-state index in [2.05, 4.69) is 10.2 Å². The summed E-state index contributed by atoms with van der Waals surface area (Å²) in [5.74, 6) is -8.25. The molecule has 1 aliphatic rings. The average molecular weight is 393 g/mol. The van der Waals surface area contributed by atoms with Crippen molar-refractivity contribution in [2.24, 2.45) is 0 Å². The quantitative estimate of drug-likeness (QED) is 0.506. The van der Waals surface area contributed by atoms with E-state index in [1.54, 1.807) is 24.3 Å². The van der Waals surface area contributed by atoms with E-state index in [4.69, 9.17) is 0 Å². The maximum absolute atomic E-state index is 13.9. The van der Waals surface area contributed by atoms with Crippen LogP contribution in [0.4, 0.5) is 33.5 Å². The molecule has 144 valence electrons. The van der Waals surface area contributed by atoms with Crippen LogP contribution in [0.3, 0.4) is 0 Å². The molecule has 0 saturated heterocycles. The molecular weight excluding hydrogens is 381 g/mol. The van der Waals surface area contributed by atoms with Crippen LogP contribution in [0.2, 0.25) is 0 Å². The summed E-state index contributed by atoms with van der Waals surface area (Å²) >= 11 is 0. The third-order valence-corrected chi connectivity index (χ3v) is 4.55. The Balaban J connectivity index is 1.86. The Morgan fingerprint density at radius 1 is 0.964 bits per heavy atom. The summed E-state index contributed by atoms with van der Waals surface area (Å²) in [7, 11) is 0. The Labute approximate surface area is 155 Å². The maximum Gasteiger partial charge on any atom is 0.463 e. The lowest BCUT2D eigenvalue weighted by molar-refractivity contribution is -0.268. The van der Waals surface area contributed by atoms with E-state index >= 15 is 0 Å². The highest BCUT2D eigenvalue weighted by atomic mass is 19.4. The number of anilines is 2. The molecule has 1 amide bonds. The number of nitrogens with zero attached hydrogens (tertiary/aromatic N) is 2. The van der Waals surface area contributed by atoms with Gasteiger partial charge in [-0.2, -0.15) is 27.1 Å². The first kappa shape index (κ1) is 18.1. The number of carbonyl (C=O) groups excluding carboxylic acids is 1. The number of halogens is 5. The zero-order valence-corrected chi connectivity index (χ0v) is 14.1. The first-order valence-electron chi connectivity index (χ1n) is 8.21. The van der Waals surface area contributed by atoms with Gasteiger partial charge in [-0.15, -0.1) is 0 Å². The molecule has 1 heterocycles. The van der Waals surface area contributed by atoms with Gasteiger partial charge in [-0.05, 0) is 17.7 Å². The van der Waals surface area contributed by atoms with E-state index in [0.29, 0.717) is 16.2 Å². The van der Waals surface area contributed by atoms with E-state index < -0.39 is 18.0 Å². The molecule has 1 N–H and O–H groups in total. The van der Waals surface area contributed by atoms with Crippen molar-refractivity contribution in [3.05, 3.63) is 65.7 Å². The third-order valence-electron chi connectivity index (χ3n) is 4.55. The van der Waals surface area contributed by atoms with Crippen LogP contribution in [0, 0.1) is 0 Å². The Bertz CT molecular complexity index is 1040.